The highest BCUT2D eigenvalue weighted by Crippen LogP contribution is 2.28. The maximum absolute atomic E-state index is 12.1. The maximum atomic E-state index is 12.1. The zero-order chi connectivity index (χ0) is 13.2. The van der Waals surface area contributed by atoms with E-state index in [0.29, 0.717) is 25.0 Å². The summed E-state index contributed by atoms with van der Waals surface area (Å²) in [5, 5.41) is 3.00. The van der Waals surface area contributed by atoms with Gasteiger partial charge in [-0.1, -0.05) is 18.2 Å². The molecule has 1 aliphatic heterocycles. The van der Waals surface area contributed by atoms with Crippen LogP contribution in [-0.2, 0) is 16.0 Å². The van der Waals surface area contributed by atoms with Crippen molar-refractivity contribution in [3.05, 3.63) is 29.8 Å². The van der Waals surface area contributed by atoms with Gasteiger partial charge in [0, 0.05) is 25.3 Å². The molecule has 0 saturated heterocycles. The lowest BCUT2D eigenvalue weighted by Crippen LogP contribution is -2.44. The standard InChI is InChI=1S/C15H17NO3/c17-12-7-5-11(6-8-12)16-15(18)14-9-10-3-1-2-4-13(10)19-14/h1-4,11,14H,5-9H2,(H,16,18). The number of fused-ring (bicyclic) bond motifs is 1. The molecule has 19 heavy (non-hydrogen) atoms. The highest BCUT2D eigenvalue weighted by molar-refractivity contribution is 5.83. The van der Waals surface area contributed by atoms with Crippen molar-refractivity contribution in [2.24, 2.45) is 0 Å². The van der Waals surface area contributed by atoms with Crippen LogP contribution in [0.3, 0.4) is 0 Å². The highest BCUT2D eigenvalue weighted by atomic mass is 16.5. The first-order valence-corrected chi connectivity index (χ1v) is 6.79. The molecule has 1 atom stereocenters. The van der Waals surface area contributed by atoms with Crippen LogP contribution < -0.4 is 10.1 Å². The van der Waals surface area contributed by atoms with Gasteiger partial charge in [0.25, 0.3) is 5.91 Å². The fourth-order valence-corrected chi connectivity index (χ4v) is 2.71. The van der Waals surface area contributed by atoms with Crippen molar-refractivity contribution in [3.8, 4) is 5.75 Å². The number of para-hydroxylation sites is 1. The molecule has 1 heterocycles. The lowest BCUT2D eigenvalue weighted by atomic mass is 9.94. The van der Waals surface area contributed by atoms with Gasteiger partial charge in [-0.2, -0.15) is 0 Å². The third-order valence-electron chi connectivity index (χ3n) is 3.83. The van der Waals surface area contributed by atoms with E-state index in [1.165, 1.54) is 0 Å². The summed E-state index contributed by atoms with van der Waals surface area (Å²) in [6.07, 6.45) is 2.88. The van der Waals surface area contributed by atoms with Crippen LogP contribution in [0.2, 0.25) is 0 Å². The van der Waals surface area contributed by atoms with Crippen LogP contribution in [0.1, 0.15) is 31.2 Å². The molecule has 1 N–H and O–H groups in total. The van der Waals surface area contributed by atoms with E-state index in [2.05, 4.69) is 5.32 Å². The summed E-state index contributed by atoms with van der Waals surface area (Å²) < 4.78 is 5.65. The Kier molecular flexibility index (Phi) is 3.23. The number of amides is 1. The Morgan fingerprint density at radius 2 is 1.95 bits per heavy atom. The van der Waals surface area contributed by atoms with E-state index in [4.69, 9.17) is 4.74 Å². The zero-order valence-electron chi connectivity index (χ0n) is 10.7. The van der Waals surface area contributed by atoms with E-state index in [1.807, 2.05) is 24.3 Å². The molecular formula is C15H17NO3. The van der Waals surface area contributed by atoms with Gasteiger partial charge in [-0.3, -0.25) is 9.59 Å². The van der Waals surface area contributed by atoms with Crippen LogP contribution in [0.15, 0.2) is 24.3 Å². The monoisotopic (exact) mass is 259 g/mol. The van der Waals surface area contributed by atoms with Gasteiger partial charge in [0.05, 0.1) is 0 Å². The van der Waals surface area contributed by atoms with Crippen LogP contribution in [-0.4, -0.2) is 23.8 Å². The topological polar surface area (TPSA) is 55.4 Å². The third-order valence-corrected chi connectivity index (χ3v) is 3.83. The number of Topliss-reactive ketones (excluding diaryl/α,β-unsaturated/α-hetero) is 1. The van der Waals surface area contributed by atoms with Crippen molar-refractivity contribution >= 4 is 11.7 Å². The summed E-state index contributed by atoms with van der Waals surface area (Å²) in [6.45, 7) is 0. The summed E-state index contributed by atoms with van der Waals surface area (Å²) >= 11 is 0. The Morgan fingerprint density at radius 3 is 2.68 bits per heavy atom. The molecule has 100 valence electrons. The van der Waals surface area contributed by atoms with Crippen molar-refractivity contribution in [2.45, 2.75) is 44.2 Å². The molecule has 1 amide bonds. The van der Waals surface area contributed by atoms with Crippen LogP contribution >= 0.6 is 0 Å². The molecule has 1 unspecified atom stereocenters. The molecule has 1 fully saturated rings. The molecule has 0 radical (unpaired) electrons. The van der Waals surface area contributed by atoms with Gasteiger partial charge in [0.1, 0.15) is 11.5 Å². The number of ketones is 1. The Bertz CT molecular complexity index is 477. The van der Waals surface area contributed by atoms with E-state index in [1.54, 1.807) is 0 Å². The molecule has 1 aromatic carbocycles. The molecular weight excluding hydrogens is 242 g/mol. The van der Waals surface area contributed by atoms with Gasteiger partial charge in [0.2, 0.25) is 0 Å². The minimum Gasteiger partial charge on any atom is -0.480 e. The molecule has 0 spiro atoms. The second-order valence-corrected chi connectivity index (χ2v) is 5.24. The van der Waals surface area contributed by atoms with E-state index in [0.717, 1.165) is 24.2 Å². The largest absolute Gasteiger partial charge is 0.480 e. The quantitative estimate of drug-likeness (QED) is 0.878. The molecule has 0 aromatic heterocycles. The number of nitrogens with one attached hydrogen (secondary N) is 1. The summed E-state index contributed by atoms with van der Waals surface area (Å²) in [6, 6.07) is 7.86. The Morgan fingerprint density at radius 1 is 1.21 bits per heavy atom. The fraction of sp³-hybridized carbons (Fsp3) is 0.467. The van der Waals surface area contributed by atoms with Gasteiger partial charge >= 0.3 is 0 Å². The smallest absolute Gasteiger partial charge is 0.261 e. The number of ether oxygens (including phenoxy) is 1. The molecule has 2 aliphatic rings. The fourth-order valence-electron chi connectivity index (χ4n) is 2.71. The number of hydrogen-bond acceptors (Lipinski definition) is 3. The predicted octanol–water partition coefficient (Wildman–Crippen LogP) is 1.62. The summed E-state index contributed by atoms with van der Waals surface area (Å²) in [5.74, 6) is 1.05. The minimum absolute atomic E-state index is 0.0597. The first kappa shape index (κ1) is 12.2. The van der Waals surface area contributed by atoms with Crippen molar-refractivity contribution in [2.75, 3.05) is 0 Å². The number of benzene rings is 1. The molecule has 1 saturated carbocycles. The maximum Gasteiger partial charge on any atom is 0.261 e. The number of rotatable bonds is 2. The van der Waals surface area contributed by atoms with Crippen LogP contribution in [0.25, 0.3) is 0 Å². The van der Waals surface area contributed by atoms with Crippen molar-refractivity contribution in [1.29, 1.82) is 0 Å². The molecule has 4 nitrogen and oxygen atoms in total. The van der Waals surface area contributed by atoms with E-state index >= 15 is 0 Å². The molecule has 4 heteroatoms. The van der Waals surface area contributed by atoms with E-state index in [-0.39, 0.29) is 11.9 Å². The van der Waals surface area contributed by atoms with Crippen LogP contribution in [0.5, 0.6) is 5.75 Å². The molecule has 1 aliphatic carbocycles. The molecule has 0 bridgehead atoms. The lowest BCUT2D eigenvalue weighted by Gasteiger charge is -2.23. The Labute approximate surface area is 112 Å². The summed E-state index contributed by atoms with van der Waals surface area (Å²) in [7, 11) is 0. The van der Waals surface area contributed by atoms with Crippen molar-refractivity contribution in [1.82, 2.24) is 5.32 Å². The average Bonchev–Trinajstić information content (AvgIpc) is 2.85. The predicted molar refractivity (Wildman–Crippen MR) is 70.0 cm³/mol. The van der Waals surface area contributed by atoms with Gasteiger partial charge in [-0.25, -0.2) is 0 Å². The number of carbonyl (C=O) groups is 2. The van der Waals surface area contributed by atoms with Gasteiger partial charge in [-0.15, -0.1) is 0 Å². The molecule has 1 aromatic rings. The van der Waals surface area contributed by atoms with E-state index < -0.39 is 6.10 Å². The van der Waals surface area contributed by atoms with Crippen molar-refractivity contribution < 1.29 is 14.3 Å². The molecule has 3 rings (SSSR count). The third kappa shape index (κ3) is 2.62. The lowest BCUT2D eigenvalue weighted by molar-refractivity contribution is -0.129. The Balaban J connectivity index is 1.56. The highest BCUT2D eigenvalue weighted by Gasteiger charge is 2.30. The second-order valence-electron chi connectivity index (χ2n) is 5.24. The van der Waals surface area contributed by atoms with Gasteiger partial charge in [-0.05, 0) is 24.5 Å². The van der Waals surface area contributed by atoms with Gasteiger partial charge < -0.3 is 10.1 Å². The average molecular weight is 259 g/mol. The number of hydrogen-bond donors (Lipinski definition) is 1. The van der Waals surface area contributed by atoms with Crippen LogP contribution in [0, 0.1) is 0 Å². The van der Waals surface area contributed by atoms with E-state index in [9.17, 15) is 9.59 Å². The first-order chi connectivity index (χ1) is 9.22. The minimum atomic E-state index is -0.421. The number of carbonyl (C=O) groups excluding carboxylic acids is 2. The SMILES string of the molecule is O=C1CCC(NC(=O)C2Cc3ccccc3O2)CC1. The summed E-state index contributed by atoms with van der Waals surface area (Å²) in [5.41, 5.74) is 1.08. The zero-order valence-corrected chi connectivity index (χ0v) is 10.7. The van der Waals surface area contributed by atoms with Gasteiger partial charge in [0.15, 0.2) is 6.10 Å². The Hall–Kier alpha value is -1.84. The normalized spacial score (nSPS) is 22.7. The van der Waals surface area contributed by atoms with Crippen molar-refractivity contribution in [3.63, 3.8) is 0 Å². The second kappa shape index (κ2) is 5.03. The summed E-state index contributed by atoms with van der Waals surface area (Å²) in [4.78, 5) is 23.3. The first-order valence-electron chi connectivity index (χ1n) is 6.79. The van der Waals surface area contributed by atoms with Crippen LogP contribution in [0.4, 0.5) is 0 Å².